The molecule has 0 aromatic carbocycles. The zero-order valence-corrected chi connectivity index (χ0v) is 18.1. The van der Waals surface area contributed by atoms with Gasteiger partial charge in [0.05, 0.1) is 23.5 Å². The molecule has 0 aliphatic carbocycles. The van der Waals surface area contributed by atoms with Gasteiger partial charge in [0, 0.05) is 6.42 Å². The van der Waals surface area contributed by atoms with Crippen LogP contribution in [0.3, 0.4) is 0 Å². The zero-order valence-electron chi connectivity index (χ0n) is 14.1. The third kappa shape index (κ3) is 11.8. The van der Waals surface area contributed by atoms with Crippen molar-refractivity contribution in [3.8, 4) is 0 Å². The molecule has 0 aromatic rings. The van der Waals surface area contributed by atoms with Gasteiger partial charge in [-0.05, 0) is 46.2 Å². The highest BCUT2D eigenvalue weighted by Crippen LogP contribution is 2.24. The largest absolute Gasteiger partial charge is 0.395 e. The molecule has 114 valence electrons. The number of rotatable bonds is 9. The molecule has 0 radical (unpaired) electrons. The van der Waals surface area contributed by atoms with Crippen LogP contribution >= 0.6 is 0 Å². The van der Waals surface area contributed by atoms with E-state index in [0.717, 1.165) is 22.2 Å². The van der Waals surface area contributed by atoms with E-state index < -0.39 is 16.6 Å². The van der Waals surface area contributed by atoms with Crippen molar-refractivity contribution >= 4 is 26.9 Å². The fourth-order valence-electron chi connectivity index (χ4n) is 1.92. The molecule has 0 rings (SSSR count). The minimum absolute atomic E-state index is 0.385. The second-order valence-corrected chi connectivity index (χ2v) is 17.7. The third-order valence-electron chi connectivity index (χ3n) is 2.09. The Labute approximate surface area is 124 Å². The van der Waals surface area contributed by atoms with Crippen molar-refractivity contribution in [2.45, 2.75) is 58.0 Å². The molecule has 0 unspecified atom stereocenters. The summed E-state index contributed by atoms with van der Waals surface area (Å²) in [7, 11) is -2.37. The first-order valence-electron chi connectivity index (χ1n) is 6.95. The van der Waals surface area contributed by atoms with Gasteiger partial charge in [-0.25, -0.2) is 0 Å². The molecule has 0 saturated heterocycles. The Morgan fingerprint density at radius 3 is 1.79 bits per heavy atom. The van der Waals surface area contributed by atoms with E-state index in [9.17, 15) is 0 Å². The maximum Gasteiger partial charge on any atom is 0.187 e. The van der Waals surface area contributed by atoms with Crippen molar-refractivity contribution in [1.29, 1.82) is 0 Å². The van der Waals surface area contributed by atoms with E-state index >= 15 is 0 Å². The summed E-state index contributed by atoms with van der Waals surface area (Å²) in [6.45, 7) is 20.4. The molecule has 0 fully saturated rings. The topological polar surface area (TPSA) is 27.7 Å². The highest BCUT2D eigenvalue weighted by Gasteiger charge is 2.36. The minimum Gasteiger partial charge on any atom is -0.395 e. The quantitative estimate of drug-likeness (QED) is 0.283. The molecule has 3 nitrogen and oxygen atoms in total. The molecule has 0 N–H and O–H groups in total. The van der Waals surface area contributed by atoms with E-state index in [0.29, 0.717) is 13.2 Å². The Hall–Kier alpha value is 0.271. The molecular formula is C13H32O3Si3. The molecule has 0 aliphatic rings. The van der Waals surface area contributed by atoms with Gasteiger partial charge in [-0.15, -0.1) is 0 Å². The normalized spacial score (nSPS) is 13.8. The highest BCUT2D eigenvalue weighted by atomic mass is 28.4. The van der Waals surface area contributed by atoms with Gasteiger partial charge in [0.25, 0.3) is 0 Å². The van der Waals surface area contributed by atoms with E-state index in [4.69, 9.17) is 13.6 Å². The van der Waals surface area contributed by atoms with E-state index in [1.807, 2.05) is 6.92 Å². The van der Waals surface area contributed by atoms with E-state index in [1.54, 1.807) is 0 Å². The van der Waals surface area contributed by atoms with Crippen LogP contribution in [0.25, 0.3) is 0 Å². The summed E-state index contributed by atoms with van der Waals surface area (Å²) >= 11 is 0. The highest BCUT2D eigenvalue weighted by molar-refractivity contribution is 6.71. The van der Waals surface area contributed by atoms with E-state index in [1.165, 1.54) is 0 Å². The first-order chi connectivity index (χ1) is 8.33. The van der Waals surface area contributed by atoms with Gasteiger partial charge < -0.3 is 13.6 Å². The van der Waals surface area contributed by atoms with Gasteiger partial charge in [0.2, 0.25) is 0 Å². The van der Waals surface area contributed by atoms with Crippen LogP contribution in [0.4, 0.5) is 0 Å². The van der Waals surface area contributed by atoms with Gasteiger partial charge in [-0.1, -0.05) is 12.2 Å². The third-order valence-corrected chi connectivity index (χ3v) is 5.91. The van der Waals surface area contributed by atoms with Crippen molar-refractivity contribution in [2.24, 2.45) is 0 Å². The molecule has 0 aromatic heterocycles. The minimum atomic E-state index is -1.62. The van der Waals surface area contributed by atoms with Gasteiger partial charge >= 0.3 is 0 Å². The van der Waals surface area contributed by atoms with Gasteiger partial charge in [-0.3, -0.25) is 0 Å². The lowest BCUT2D eigenvalue weighted by Crippen LogP contribution is -2.51. The predicted molar refractivity (Wildman–Crippen MR) is 91.8 cm³/mol. The Balaban J connectivity index is 4.54. The van der Waals surface area contributed by atoms with Crippen LogP contribution in [-0.4, -0.2) is 45.5 Å². The van der Waals surface area contributed by atoms with Crippen molar-refractivity contribution in [2.75, 3.05) is 13.2 Å². The first kappa shape index (κ1) is 19.3. The zero-order chi connectivity index (χ0) is 15.3. The van der Waals surface area contributed by atoms with Crippen molar-refractivity contribution in [1.82, 2.24) is 0 Å². The molecule has 19 heavy (non-hydrogen) atoms. The monoisotopic (exact) mass is 320 g/mol. The standard InChI is InChI=1S/C13H32O3Si3/c1-12(2)11-14-10-9-13(17,15-18(3,4)5)16-19(6,7)8/h1,9-11H2,2-8,17H3. The second kappa shape index (κ2) is 7.33. The predicted octanol–water partition coefficient (Wildman–Crippen LogP) is 2.69. The summed E-state index contributed by atoms with van der Waals surface area (Å²) in [4.78, 5) is 0. The van der Waals surface area contributed by atoms with Gasteiger partial charge in [0.15, 0.2) is 16.6 Å². The van der Waals surface area contributed by atoms with E-state index in [-0.39, 0.29) is 5.41 Å². The molecule has 0 saturated carbocycles. The average molecular weight is 321 g/mol. The summed E-state index contributed by atoms with van der Waals surface area (Å²) in [6, 6.07) is 0. The molecule has 6 heteroatoms. The fourth-order valence-corrected chi connectivity index (χ4v) is 8.76. The Morgan fingerprint density at radius 1 is 1.05 bits per heavy atom. The summed E-state index contributed by atoms with van der Waals surface area (Å²) in [5, 5.41) is 0. The molecule has 0 spiro atoms. The molecule has 0 heterocycles. The van der Waals surface area contributed by atoms with E-state index in [2.05, 4.69) is 45.9 Å². The first-order valence-corrected chi connectivity index (χ1v) is 14.8. The summed E-state index contributed by atoms with van der Waals surface area (Å²) in [6.07, 6.45) is 0.820. The van der Waals surface area contributed by atoms with Crippen molar-refractivity contribution in [3.63, 3.8) is 0 Å². The van der Waals surface area contributed by atoms with Crippen LogP contribution in [0.1, 0.15) is 13.3 Å². The second-order valence-electron chi connectivity index (χ2n) is 7.32. The van der Waals surface area contributed by atoms with Crippen LogP contribution in [0.15, 0.2) is 12.2 Å². The molecule has 0 amide bonds. The van der Waals surface area contributed by atoms with Gasteiger partial charge in [0.1, 0.15) is 5.41 Å². The smallest absolute Gasteiger partial charge is 0.187 e. The van der Waals surface area contributed by atoms with Gasteiger partial charge in [-0.2, -0.15) is 0 Å². The SMILES string of the molecule is C=C(C)COCCC([SiH3])(O[Si](C)(C)C)O[Si](C)(C)C. The van der Waals surface area contributed by atoms with Crippen molar-refractivity contribution in [3.05, 3.63) is 12.2 Å². The Morgan fingerprint density at radius 2 is 1.47 bits per heavy atom. The Kier molecular flexibility index (Phi) is 7.43. The maximum atomic E-state index is 6.32. The lowest BCUT2D eigenvalue weighted by molar-refractivity contribution is -0.0719. The van der Waals surface area contributed by atoms with Crippen LogP contribution in [0.2, 0.25) is 39.3 Å². The average Bonchev–Trinajstić information content (AvgIpc) is 2.05. The lowest BCUT2D eigenvalue weighted by Gasteiger charge is -2.41. The molecule has 0 atom stereocenters. The lowest BCUT2D eigenvalue weighted by atomic mass is 10.4. The summed E-state index contributed by atoms with van der Waals surface area (Å²) < 4.78 is 18.3. The Bertz CT molecular complexity index is 276. The number of hydrogen-bond donors (Lipinski definition) is 0. The summed E-state index contributed by atoms with van der Waals surface area (Å²) in [5.74, 6) is 0. The number of ether oxygens (including phenoxy) is 1. The van der Waals surface area contributed by atoms with Crippen LogP contribution in [0.5, 0.6) is 0 Å². The van der Waals surface area contributed by atoms with Crippen LogP contribution in [-0.2, 0) is 13.6 Å². The summed E-state index contributed by atoms with van der Waals surface area (Å²) in [5.41, 5.74) is 0.667. The maximum absolute atomic E-state index is 6.32. The van der Waals surface area contributed by atoms with Crippen LogP contribution in [0, 0.1) is 0 Å². The molecule has 0 aliphatic heterocycles. The molecule has 0 bridgehead atoms. The van der Waals surface area contributed by atoms with Crippen molar-refractivity contribution < 1.29 is 13.6 Å². The number of hydrogen-bond acceptors (Lipinski definition) is 3. The molecular weight excluding hydrogens is 288 g/mol. The fraction of sp³-hybridized carbons (Fsp3) is 0.846. The van der Waals surface area contributed by atoms with Crippen LogP contribution < -0.4 is 0 Å².